The lowest BCUT2D eigenvalue weighted by molar-refractivity contribution is -0.116. The summed E-state index contributed by atoms with van der Waals surface area (Å²) in [4.78, 5) is 16.9. The normalized spacial score (nSPS) is 17.3. The highest BCUT2D eigenvalue weighted by atomic mass is 32.2. The van der Waals surface area contributed by atoms with E-state index in [1.807, 2.05) is 41.0 Å². The molecule has 6 nitrogen and oxygen atoms in total. The fraction of sp³-hybridized carbons (Fsp3) is 0.333. The molecule has 0 atom stereocenters. The summed E-state index contributed by atoms with van der Waals surface area (Å²) in [7, 11) is -3.76. The third-order valence-corrected chi connectivity index (χ3v) is 7.44. The van der Waals surface area contributed by atoms with Crippen LogP contribution in [0.3, 0.4) is 0 Å². The summed E-state index contributed by atoms with van der Waals surface area (Å²) in [6.07, 6.45) is 2.73. The molecule has 0 spiro atoms. The van der Waals surface area contributed by atoms with Gasteiger partial charge < -0.3 is 9.80 Å². The van der Waals surface area contributed by atoms with Crippen molar-refractivity contribution in [2.45, 2.75) is 31.1 Å². The average Bonchev–Trinajstić information content (AvgIpc) is 2.74. The molecule has 0 saturated carbocycles. The van der Waals surface area contributed by atoms with Gasteiger partial charge in [0.25, 0.3) is 10.0 Å². The Bertz CT molecular complexity index is 1070. The van der Waals surface area contributed by atoms with Crippen molar-refractivity contribution in [3.63, 3.8) is 0 Å². The number of thioether (sulfide) groups is 1. The van der Waals surface area contributed by atoms with Crippen molar-refractivity contribution in [2.75, 3.05) is 28.6 Å². The largest absolute Gasteiger partial charge is 0.319 e. The number of aryl methyl sites for hydroxylation is 1. The summed E-state index contributed by atoms with van der Waals surface area (Å²) in [5.41, 5.74) is 2.76. The Hall–Kier alpha value is -2.32. The molecule has 0 aromatic heterocycles. The SMILES string of the molecule is CCCN1C(SCC(=O)N2CCCc3ccccc32)=NS(=O)(=O)c2ccccc21. The number of hydrogen-bond donors (Lipinski definition) is 0. The number of rotatable bonds is 4. The Morgan fingerprint density at radius 1 is 1.10 bits per heavy atom. The number of fused-ring (bicyclic) bond motifs is 2. The van der Waals surface area contributed by atoms with Crippen molar-refractivity contribution >= 4 is 44.2 Å². The van der Waals surface area contributed by atoms with Gasteiger partial charge >= 0.3 is 0 Å². The van der Waals surface area contributed by atoms with Crippen molar-refractivity contribution in [1.29, 1.82) is 0 Å². The van der Waals surface area contributed by atoms with Crippen LogP contribution in [0, 0.1) is 0 Å². The highest BCUT2D eigenvalue weighted by Gasteiger charge is 2.31. The second-order valence-electron chi connectivity index (χ2n) is 7.03. The maximum absolute atomic E-state index is 13.0. The molecule has 1 amide bonds. The quantitative estimate of drug-likeness (QED) is 0.742. The number of para-hydroxylation sites is 2. The van der Waals surface area contributed by atoms with Gasteiger partial charge in [0.15, 0.2) is 5.17 Å². The molecule has 2 aliphatic rings. The number of anilines is 2. The first-order valence-corrected chi connectivity index (χ1v) is 12.2. The molecule has 0 bridgehead atoms. The molecule has 4 rings (SSSR count). The minimum Gasteiger partial charge on any atom is -0.319 e. The van der Waals surface area contributed by atoms with Crippen LogP contribution in [0.15, 0.2) is 57.8 Å². The lowest BCUT2D eigenvalue weighted by Gasteiger charge is -2.31. The van der Waals surface area contributed by atoms with E-state index in [-0.39, 0.29) is 16.6 Å². The topological polar surface area (TPSA) is 70.1 Å². The van der Waals surface area contributed by atoms with Crippen LogP contribution in [0.1, 0.15) is 25.3 Å². The highest BCUT2D eigenvalue weighted by Crippen LogP contribution is 2.34. The Kier molecular flexibility index (Phi) is 5.65. The van der Waals surface area contributed by atoms with Gasteiger partial charge in [0.2, 0.25) is 5.91 Å². The molecule has 2 aromatic rings. The lowest BCUT2D eigenvalue weighted by atomic mass is 10.0. The summed E-state index contributed by atoms with van der Waals surface area (Å²) in [6.45, 7) is 3.35. The first-order valence-electron chi connectivity index (χ1n) is 9.74. The van der Waals surface area contributed by atoms with Crippen LogP contribution in [-0.2, 0) is 21.2 Å². The first kappa shape index (κ1) is 20.0. The van der Waals surface area contributed by atoms with Gasteiger partial charge in [-0.05, 0) is 43.0 Å². The fourth-order valence-corrected chi connectivity index (χ4v) is 6.10. The summed E-state index contributed by atoms with van der Waals surface area (Å²) in [5, 5.41) is 0.365. The molecule has 0 saturated heterocycles. The minimum absolute atomic E-state index is 0.0300. The number of benzene rings is 2. The molecular weight excluding hydrogens is 406 g/mol. The van der Waals surface area contributed by atoms with Crippen molar-refractivity contribution in [2.24, 2.45) is 4.40 Å². The van der Waals surface area contributed by atoms with Gasteiger partial charge in [0.05, 0.1) is 11.4 Å². The van der Waals surface area contributed by atoms with Gasteiger partial charge in [-0.1, -0.05) is 49.0 Å². The fourth-order valence-electron chi connectivity index (χ4n) is 3.74. The molecule has 0 radical (unpaired) electrons. The van der Waals surface area contributed by atoms with Crippen molar-refractivity contribution in [3.8, 4) is 0 Å². The molecule has 29 heavy (non-hydrogen) atoms. The molecular formula is C21H23N3O3S2. The number of nitrogens with zero attached hydrogens (tertiary/aromatic N) is 3. The molecule has 0 fully saturated rings. The standard InChI is InChI=1S/C21H23N3O3S2/c1-2-13-24-18-11-5-6-12-19(18)29(26,27)22-21(24)28-15-20(25)23-14-7-9-16-8-3-4-10-17(16)23/h3-6,8,10-12H,2,7,9,13-15H2,1H3. The van der Waals surface area contributed by atoms with Gasteiger partial charge in [-0.15, -0.1) is 4.40 Å². The van der Waals surface area contributed by atoms with Crippen LogP contribution >= 0.6 is 11.8 Å². The van der Waals surface area contributed by atoms with E-state index < -0.39 is 10.0 Å². The van der Waals surface area contributed by atoms with E-state index in [1.54, 1.807) is 18.2 Å². The second kappa shape index (κ2) is 8.20. The van der Waals surface area contributed by atoms with Crippen molar-refractivity contribution in [3.05, 3.63) is 54.1 Å². The van der Waals surface area contributed by atoms with E-state index in [4.69, 9.17) is 0 Å². The third kappa shape index (κ3) is 3.91. The van der Waals surface area contributed by atoms with E-state index in [0.29, 0.717) is 23.9 Å². The van der Waals surface area contributed by atoms with Crippen LogP contribution in [0.25, 0.3) is 0 Å². The zero-order valence-electron chi connectivity index (χ0n) is 16.2. The average molecular weight is 430 g/mol. The van der Waals surface area contributed by atoms with E-state index in [0.717, 1.165) is 24.9 Å². The molecule has 2 aromatic carbocycles. The number of amides is 1. The second-order valence-corrected chi connectivity index (χ2v) is 9.55. The molecule has 2 heterocycles. The maximum Gasteiger partial charge on any atom is 0.286 e. The molecule has 152 valence electrons. The van der Waals surface area contributed by atoms with Gasteiger partial charge in [-0.2, -0.15) is 8.42 Å². The summed E-state index contributed by atoms with van der Waals surface area (Å²) >= 11 is 1.19. The van der Waals surface area contributed by atoms with Crippen molar-refractivity contribution < 1.29 is 13.2 Å². The summed E-state index contributed by atoms with van der Waals surface area (Å²) < 4.78 is 29.3. The zero-order chi connectivity index (χ0) is 20.4. The third-order valence-electron chi connectivity index (χ3n) is 5.05. The van der Waals surface area contributed by atoms with E-state index in [9.17, 15) is 13.2 Å². The van der Waals surface area contributed by atoms with Crippen LogP contribution in [0.5, 0.6) is 0 Å². The smallest absolute Gasteiger partial charge is 0.286 e. The number of amidine groups is 1. The molecule has 0 aliphatic carbocycles. The zero-order valence-corrected chi connectivity index (χ0v) is 17.9. The monoisotopic (exact) mass is 429 g/mol. The first-order chi connectivity index (χ1) is 14.0. The van der Waals surface area contributed by atoms with Crippen LogP contribution in [0.2, 0.25) is 0 Å². The Morgan fingerprint density at radius 2 is 1.83 bits per heavy atom. The van der Waals surface area contributed by atoms with Crippen LogP contribution in [0.4, 0.5) is 11.4 Å². The van der Waals surface area contributed by atoms with Crippen LogP contribution in [-0.4, -0.2) is 38.3 Å². The van der Waals surface area contributed by atoms with Gasteiger partial charge in [-0.25, -0.2) is 0 Å². The van der Waals surface area contributed by atoms with Crippen molar-refractivity contribution in [1.82, 2.24) is 0 Å². The van der Waals surface area contributed by atoms with E-state index >= 15 is 0 Å². The number of hydrogen-bond acceptors (Lipinski definition) is 5. The lowest BCUT2D eigenvalue weighted by Crippen LogP contribution is -2.39. The predicted molar refractivity (Wildman–Crippen MR) is 118 cm³/mol. The van der Waals surface area contributed by atoms with Gasteiger partial charge in [0.1, 0.15) is 4.90 Å². The van der Waals surface area contributed by atoms with E-state index in [1.165, 1.54) is 17.3 Å². The minimum atomic E-state index is -3.76. The number of carbonyl (C=O) groups is 1. The number of carbonyl (C=O) groups excluding carboxylic acids is 1. The number of sulfonamides is 1. The Labute approximate surface area is 175 Å². The van der Waals surface area contributed by atoms with Gasteiger partial charge in [-0.3, -0.25) is 4.79 Å². The molecule has 0 unspecified atom stereocenters. The summed E-state index contributed by atoms with van der Waals surface area (Å²) in [6, 6.07) is 14.8. The van der Waals surface area contributed by atoms with Gasteiger partial charge in [0, 0.05) is 18.8 Å². The van der Waals surface area contributed by atoms with E-state index in [2.05, 4.69) is 10.5 Å². The highest BCUT2D eigenvalue weighted by molar-refractivity contribution is 8.15. The van der Waals surface area contributed by atoms with Crippen LogP contribution < -0.4 is 9.80 Å². The predicted octanol–water partition coefficient (Wildman–Crippen LogP) is 3.67. The maximum atomic E-state index is 13.0. The molecule has 0 N–H and O–H groups in total. The Morgan fingerprint density at radius 3 is 2.62 bits per heavy atom. The molecule has 2 aliphatic heterocycles. The summed E-state index contributed by atoms with van der Waals surface area (Å²) in [5.74, 6) is 0.114. The Balaban J connectivity index is 1.56. The molecule has 8 heteroatoms.